The number of aromatic nitrogens is 2. The molecule has 2 aromatic heterocycles. The van der Waals surface area contributed by atoms with Gasteiger partial charge in [-0.15, -0.1) is 0 Å². The minimum Gasteiger partial charge on any atom is -0.333 e. The number of nitriles is 1. The van der Waals surface area contributed by atoms with Crippen molar-refractivity contribution in [1.82, 2.24) is 19.8 Å². The third kappa shape index (κ3) is 5.31. The van der Waals surface area contributed by atoms with Gasteiger partial charge >= 0.3 is 6.03 Å². The summed E-state index contributed by atoms with van der Waals surface area (Å²) in [6.45, 7) is 2.20. The van der Waals surface area contributed by atoms with Crippen LogP contribution in [-0.2, 0) is 19.5 Å². The molecule has 37 heavy (non-hydrogen) atoms. The number of fused-ring (bicyclic) bond motifs is 3. The number of amides is 1. The predicted octanol–water partition coefficient (Wildman–Crippen LogP) is 5.78. The molecule has 2 aromatic carbocycles. The van der Waals surface area contributed by atoms with Gasteiger partial charge in [-0.05, 0) is 59.2 Å². The molecule has 0 saturated heterocycles. The Kier molecular flexibility index (Phi) is 7.12. The van der Waals surface area contributed by atoms with Crippen molar-refractivity contribution in [2.24, 2.45) is 0 Å². The van der Waals surface area contributed by atoms with E-state index in [1.807, 2.05) is 18.2 Å². The summed E-state index contributed by atoms with van der Waals surface area (Å²) >= 11 is 3.39. The molecule has 0 spiro atoms. The van der Waals surface area contributed by atoms with E-state index in [9.17, 15) is 18.8 Å². The van der Waals surface area contributed by atoms with Gasteiger partial charge in [-0.2, -0.15) is 9.65 Å². The first kappa shape index (κ1) is 24.8. The number of nitrogens with zero attached hydrogens (tertiary/aromatic N) is 4. The van der Waals surface area contributed by atoms with E-state index >= 15 is 0 Å². The number of carbonyl (C=O) groups excluding carboxylic acids is 1. The fraction of sp³-hybridized carbons (Fsp3) is 0.179. The van der Waals surface area contributed by atoms with Crippen LogP contribution in [0, 0.1) is 23.1 Å². The van der Waals surface area contributed by atoms with Crippen LogP contribution < -0.4 is 5.32 Å². The van der Waals surface area contributed by atoms with Crippen LogP contribution in [0.25, 0.3) is 17.0 Å². The zero-order valence-electron chi connectivity index (χ0n) is 19.7. The van der Waals surface area contributed by atoms with E-state index in [1.54, 1.807) is 28.8 Å². The van der Waals surface area contributed by atoms with Crippen molar-refractivity contribution < 1.29 is 13.6 Å². The molecule has 0 unspecified atom stereocenters. The van der Waals surface area contributed by atoms with E-state index in [0.717, 1.165) is 34.3 Å². The normalized spacial score (nSPS) is 13.6. The van der Waals surface area contributed by atoms with Crippen molar-refractivity contribution in [3.63, 3.8) is 0 Å². The Morgan fingerprint density at radius 2 is 2.05 bits per heavy atom. The molecule has 1 N–H and O–H groups in total. The summed E-state index contributed by atoms with van der Waals surface area (Å²) in [4.78, 5) is 19.1. The maximum absolute atomic E-state index is 13.4. The van der Waals surface area contributed by atoms with Crippen LogP contribution in [0.5, 0.6) is 0 Å². The number of hydrogen-bond acceptors (Lipinski definition) is 4. The molecule has 6 nitrogen and oxygen atoms in total. The first-order valence-corrected chi connectivity index (χ1v) is 12.5. The Labute approximate surface area is 221 Å². The molecule has 0 aliphatic carbocycles. The van der Waals surface area contributed by atoms with Crippen molar-refractivity contribution >= 4 is 38.9 Å². The monoisotopic (exact) mass is 561 g/mol. The number of hydrogen-bond donors (Lipinski definition) is 1. The Balaban J connectivity index is 1.39. The molecular formula is C28H22BrF2N5O. The summed E-state index contributed by atoms with van der Waals surface area (Å²) in [6, 6.07) is 14.7. The molecule has 0 saturated carbocycles. The van der Waals surface area contributed by atoms with E-state index in [1.165, 1.54) is 24.4 Å². The maximum Gasteiger partial charge on any atom is 0.326 e. The van der Waals surface area contributed by atoms with Crippen LogP contribution in [0.1, 0.15) is 27.9 Å². The number of pyridine rings is 1. The van der Waals surface area contributed by atoms with Gasteiger partial charge in [0.2, 0.25) is 5.95 Å². The van der Waals surface area contributed by atoms with Crippen molar-refractivity contribution in [1.29, 1.82) is 5.26 Å². The molecule has 3 heterocycles. The summed E-state index contributed by atoms with van der Waals surface area (Å²) in [7, 11) is 0. The lowest BCUT2D eigenvalue weighted by molar-refractivity contribution is 0.240. The quantitative estimate of drug-likeness (QED) is 0.313. The zero-order valence-corrected chi connectivity index (χ0v) is 21.3. The maximum atomic E-state index is 13.4. The van der Waals surface area contributed by atoms with Crippen LogP contribution in [0.4, 0.5) is 13.6 Å². The highest BCUT2D eigenvalue weighted by Gasteiger charge is 2.26. The number of benzene rings is 2. The molecule has 0 bridgehead atoms. The standard InChI is InChI=1S/C28H22BrF2N5O/c29-24-14-21(30)5-4-20(24)2-1-10-35-11-8-26-23(17-35)22-12-18(15-32)3-6-25(22)36(26)28(37)34-16-19-7-9-33-27(31)13-19/h1-7,9,12-14H,8,10-11,16-17H2,(H,34,37)/b2-1+. The minimum absolute atomic E-state index is 0.166. The third-order valence-electron chi connectivity index (χ3n) is 6.42. The van der Waals surface area contributed by atoms with E-state index in [0.29, 0.717) is 35.1 Å². The predicted molar refractivity (Wildman–Crippen MR) is 141 cm³/mol. The largest absolute Gasteiger partial charge is 0.333 e. The highest BCUT2D eigenvalue weighted by atomic mass is 79.9. The molecule has 1 amide bonds. The minimum atomic E-state index is -0.597. The fourth-order valence-corrected chi connectivity index (χ4v) is 5.13. The molecule has 186 valence electrons. The van der Waals surface area contributed by atoms with Crippen molar-refractivity contribution in [3.8, 4) is 6.07 Å². The number of halogens is 3. The zero-order chi connectivity index (χ0) is 25.9. The molecule has 4 aromatic rings. The van der Waals surface area contributed by atoms with Crippen molar-refractivity contribution in [3.05, 3.63) is 105 Å². The summed E-state index contributed by atoms with van der Waals surface area (Å²) in [5.41, 5.74) is 4.68. The van der Waals surface area contributed by atoms with Crippen LogP contribution in [0.15, 0.2) is 65.3 Å². The molecular weight excluding hydrogens is 540 g/mol. The van der Waals surface area contributed by atoms with Gasteiger partial charge in [-0.3, -0.25) is 9.47 Å². The highest BCUT2D eigenvalue weighted by molar-refractivity contribution is 9.10. The average Bonchev–Trinajstić information content (AvgIpc) is 3.21. The lowest BCUT2D eigenvalue weighted by Crippen LogP contribution is -2.34. The second kappa shape index (κ2) is 10.6. The fourth-order valence-electron chi connectivity index (χ4n) is 4.65. The molecule has 0 radical (unpaired) electrons. The second-order valence-electron chi connectivity index (χ2n) is 8.80. The summed E-state index contributed by atoms with van der Waals surface area (Å²) in [5.74, 6) is -0.891. The van der Waals surface area contributed by atoms with Crippen molar-refractivity contribution in [2.75, 3.05) is 13.1 Å². The van der Waals surface area contributed by atoms with Gasteiger partial charge in [0.05, 0.1) is 17.1 Å². The molecule has 1 aliphatic rings. The first-order valence-electron chi connectivity index (χ1n) is 11.7. The number of rotatable bonds is 5. The van der Waals surface area contributed by atoms with Gasteiger partial charge < -0.3 is 5.32 Å². The van der Waals surface area contributed by atoms with Gasteiger partial charge in [0.15, 0.2) is 0 Å². The van der Waals surface area contributed by atoms with Crippen LogP contribution in [0.2, 0.25) is 0 Å². The number of nitrogens with one attached hydrogen (secondary N) is 1. The van der Waals surface area contributed by atoms with E-state index in [4.69, 9.17) is 0 Å². The SMILES string of the molecule is N#Cc1ccc2c(c1)c1c(n2C(=O)NCc2ccnc(F)c2)CCN(C/C=C/c2ccc(F)cc2Br)C1. The average molecular weight is 562 g/mol. The van der Waals surface area contributed by atoms with E-state index in [-0.39, 0.29) is 18.4 Å². The molecule has 9 heteroatoms. The van der Waals surface area contributed by atoms with E-state index < -0.39 is 5.95 Å². The third-order valence-corrected chi connectivity index (χ3v) is 7.10. The van der Waals surface area contributed by atoms with Gasteiger partial charge in [0.1, 0.15) is 5.82 Å². The van der Waals surface area contributed by atoms with Crippen LogP contribution in [-0.4, -0.2) is 33.6 Å². The smallest absolute Gasteiger partial charge is 0.326 e. The Morgan fingerprint density at radius 1 is 1.19 bits per heavy atom. The highest BCUT2D eigenvalue weighted by Crippen LogP contribution is 2.32. The van der Waals surface area contributed by atoms with Crippen molar-refractivity contribution in [2.45, 2.75) is 19.5 Å². The summed E-state index contributed by atoms with van der Waals surface area (Å²) in [6.07, 6.45) is 6.00. The lowest BCUT2D eigenvalue weighted by Gasteiger charge is -2.27. The van der Waals surface area contributed by atoms with Gasteiger partial charge in [0.25, 0.3) is 0 Å². The van der Waals surface area contributed by atoms with E-state index in [2.05, 4.69) is 37.2 Å². The van der Waals surface area contributed by atoms with Crippen LogP contribution in [0.3, 0.4) is 0 Å². The topological polar surface area (TPSA) is 74.0 Å². The van der Waals surface area contributed by atoms with Crippen LogP contribution >= 0.6 is 15.9 Å². The van der Waals surface area contributed by atoms with Gasteiger partial charge in [0, 0.05) is 54.3 Å². The molecule has 0 fully saturated rings. The first-order chi connectivity index (χ1) is 17.9. The molecule has 5 rings (SSSR count). The lowest BCUT2D eigenvalue weighted by atomic mass is 10.0. The molecule has 1 aliphatic heterocycles. The number of carbonyl (C=O) groups is 1. The van der Waals surface area contributed by atoms with Gasteiger partial charge in [-0.1, -0.05) is 34.1 Å². The Hall–Kier alpha value is -3.87. The second-order valence-corrected chi connectivity index (χ2v) is 9.66. The van der Waals surface area contributed by atoms with Gasteiger partial charge in [-0.25, -0.2) is 14.2 Å². The Morgan fingerprint density at radius 3 is 2.84 bits per heavy atom. The summed E-state index contributed by atoms with van der Waals surface area (Å²) < 4.78 is 29.2. The molecule has 0 atom stereocenters. The summed E-state index contributed by atoms with van der Waals surface area (Å²) in [5, 5.41) is 13.2. The Bertz CT molecular complexity index is 1570.